The first-order valence-electron chi connectivity index (χ1n) is 5.14. The van der Waals surface area contributed by atoms with Crippen molar-refractivity contribution in [1.29, 1.82) is 0 Å². The van der Waals surface area contributed by atoms with Crippen molar-refractivity contribution in [2.45, 2.75) is 37.8 Å². The lowest BCUT2D eigenvalue weighted by atomic mass is 9.93. The molecule has 1 heterocycles. The Bertz CT molecular complexity index is 336. The Hall–Kier alpha value is -0.900. The molecule has 1 aromatic carbocycles. The SMILES string of the molecule is C[C@H](O)[C@H](O)[C@]1(C)O[C@H]1c1ccccc1. The van der Waals surface area contributed by atoms with Gasteiger partial charge in [0.2, 0.25) is 0 Å². The molecule has 1 saturated heterocycles. The largest absolute Gasteiger partial charge is 0.391 e. The third-order valence-electron chi connectivity index (χ3n) is 2.98. The predicted octanol–water partition coefficient (Wildman–Crippen LogP) is 1.26. The van der Waals surface area contributed by atoms with Crippen molar-refractivity contribution in [3.05, 3.63) is 35.9 Å². The van der Waals surface area contributed by atoms with Gasteiger partial charge in [-0.2, -0.15) is 0 Å². The molecule has 3 heteroatoms. The Morgan fingerprint density at radius 2 is 1.87 bits per heavy atom. The van der Waals surface area contributed by atoms with Crippen molar-refractivity contribution in [2.75, 3.05) is 0 Å². The molecule has 0 bridgehead atoms. The van der Waals surface area contributed by atoms with Gasteiger partial charge in [-0.3, -0.25) is 0 Å². The molecule has 2 rings (SSSR count). The Morgan fingerprint density at radius 1 is 1.27 bits per heavy atom. The number of benzene rings is 1. The van der Waals surface area contributed by atoms with E-state index in [0.29, 0.717) is 0 Å². The maximum absolute atomic E-state index is 9.78. The molecule has 1 fully saturated rings. The summed E-state index contributed by atoms with van der Waals surface area (Å²) < 4.78 is 5.50. The van der Waals surface area contributed by atoms with Gasteiger partial charge in [-0.25, -0.2) is 0 Å². The Kier molecular flexibility index (Phi) is 2.54. The van der Waals surface area contributed by atoms with Crippen LogP contribution in [0.2, 0.25) is 0 Å². The fourth-order valence-electron chi connectivity index (χ4n) is 1.95. The number of rotatable bonds is 3. The van der Waals surface area contributed by atoms with Gasteiger partial charge in [0.1, 0.15) is 17.8 Å². The topological polar surface area (TPSA) is 53.0 Å². The van der Waals surface area contributed by atoms with Crippen LogP contribution in [-0.2, 0) is 4.74 Å². The lowest BCUT2D eigenvalue weighted by Gasteiger charge is -2.18. The summed E-state index contributed by atoms with van der Waals surface area (Å²) in [7, 11) is 0. The normalized spacial score (nSPS) is 33.5. The van der Waals surface area contributed by atoms with Crippen LogP contribution in [0.3, 0.4) is 0 Å². The fraction of sp³-hybridized carbons (Fsp3) is 0.500. The predicted molar refractivity (Wildman–Crippen MR) is 56.4 cm³/mol. The van der Waals surface area contributed by atoms with Crippen LogP contribution in [0.4, 0.5) is 0 Å². The molecule has 2 N–H and O–H groups in total. The molecule has 1 aromatic rings. The van der Waals surface area contributed by atoms with Crippen molar-refractivity contribution in [2.24, 2.45) is 0 Å². The number of aliphatic hydroxyl groups is 2. The summed E-state index contributed by atoms with van der Waals surface area (Å²) in [5.74, 6) is 0. The van der Waals surface area contributed by atoms with E-state index in [1.165, 1.54) is 0 Å². The van der Waals surface area contributed by atoms with Crippen LogP contribution in [-0.4, -0.2) is 28.0 Å². The number of ether oxygens (including phenoxy) is 1. The molecule has 1 aliphatic heterocycles. The van der Waals surface area contributed by atoms with Gasteiger partial charge in [0.15, 0.2) is 0 Å². The zero-order chi connectivity index (χ0) is 11.1. The quantitative estimate of drug-likeness (QED) is 0.735. The van der Waals surface area contributed by atoms with E-state index >= 15 is 0 Å². The van der Waals surface area contributed by atoms with Crippen LogP contribution in [0.15, 0.2) is 30.3 Å². The van der Waals surface area contributed by atoms with Crippen molar-refractivity contribution in [3.63, 3.8) is 0 Å². The van der Waals surface area contributed by atoms with E-state index in [9.17, 15) is 10.2 Å². The average Bonchev–Trinajstić information content (AvgIpc) is 2.92. The lowest BCUT2D eigenvalue weighted by Crippen LogP contribution is -2.36. The molecule has 15 heavy (non-hydrogen) atoms. The van der Waals surface area contributed by atoms with Gasteiger partial charge >= 0.3 is 0 Å². The highest BCUT2D eigenvalue weighted by Gasteiger charge is 2.59. The molecular formula is C12H16O3. The number of epoxide rings is 1. The molecule has 0 aliphatic carbocycles. The lowest BCUT2D eigenvalue weighted by molar-refractivity contribution is -0.0158. The van der Waals surface area contributed by atoms with Gasteiger partial charge in [-0.15, -0.1) is 0 Å². The molecule has 1 aliphatic rings. The molecule has 0 unspecified atom stereocenters. The number of hydrogen-bond acceptors (Lipinski definition) is 3. The minimum atomic E-state index is -0.845. The fourth-order valence-corrected chi connectivity index (χ4v) is 1.95. The third-order valence-corrected chi connectivity index (χ3v) is 2.98. The maximum atomic E-state index is 9.78. The highest BCUT2D eigenvalue weighted by atomic mass is 16.6. The van der Waals surface area contributed by atoms with Crippen molar-refractivity contribution < 1.29 is 14.9 Å². The number of aliphatic hydroxyl groups excluding tert-OH is 2. The van der Waals surface area contributed by atoms with Gasteiger partial charge in [-0.1, -0.05) is 30.3 Å². The summed E-state index contributed by atoms with van der Waals surface area (Å²) in [6, 6.07) is 9.74. The van der Waals surface area contributed by atoms with E-state index in [-0.39, 0.29) is 6.10 Å². The van der Waals surface area contributed by atoms with E-state index in [2.05, 4.69) is 0 Å². The minimum absolute atomic E-state index is 0.108. The van der Waals surface area contributed by atoms with Crippen molar-refractivity contribution in [1.82, 2.24) is 0 Å². The minimum Gasteiger partial charge on any atom is -0.391 e. The molecular weight excluding hydrogens is 192 g/mol. The van der Waals surface area contributed by atoms with Crippen LogP contribution in [0.5, 0.6) is 0 Å². The van der Waals surface area contributed by atoms with E-state index in [1.54, 1.807) is 6.92 Å². The molecule has 82 valence electrons. The Morgan fingerprint density at radius 3 is 2.40 bits per heavy atom. The number of hydrogen-bond donors (Lipinski definition) is 2. The first-order chi connectivity index (χ1) is 7.05. The van der Waals surface area contributed by atoms with Crippen LogP contribution >= 0.6 is 0 Å². The zero-order valence-electron chi connectivity index (χ0n) is 8.92. The summed E-state index contributed by atoms with van der Waals surface area (Å²) in [4.78, 5) is 0. The van der Waals surface area contributed by atoms with Gasteiger partial charge in [0.05, 0.1) is 6.10 Å². The standard InChI is InChI=1S/C12H16O3/c1-8(13)10(14)12(2)11(15-12)9-6-4-3-5-7-9/h3-8,10-11,13-14H,1-2H3/t8-,10-,11-,12-/m0/s1. The van der Waals surface area contributed by atoms with Crippen LogP contribution in [0.1, 0.15) is 25.5 Å². The van der Waals surface area contributed by atoms with E-state index in [0.717, 1.165) is 5.56 Å². The Labute approximate surface area is 89.3 Å². The van der Waals surface area contributed by atoms with Gasteiger partial charge in [0, 0.05) is 0 Å². The van der Waals surface area contributed by atoms with Gasteiger partial charge < -0.3 is 14.9 Å². The molecule has 0 spiro atoms. The Balaban J connectivity index is 2.12. The van der Waals surface area contributed by atoms with E-state index in [4.69, 9.17) is 4.74 Å². The van der Waals surface area contributed by atoms with Gasteiger partial charge in [-0.05, 0) is 19.4 Å². The average molecular weight is 208 g/mol. The maximum Gasteiger partial charge on any atom is 0.125 e. The second-order valence-corrected chi connectivity index (χ2v) is 4.28. The molecule has 0 aromatic heterocycles. The first kappa shape index (κ1) is 10.6. The highest BCUT2D eigenvalue weighted by molar-refractivity contribution is 5.26. The summed E-state index contributed by atoms with van der Waals surface area (Å²) in [6.07, 6.45) is -1.73. The molecule has 4 atom stereocenters. The van der Waals surface area contributed by atoms with Crippen molar-refractivity contribution >= 4 is 0 Å². The monoisotopic (exact) mass is 208 g/mol. The van der Waals surface area contributed by atoms with Crippen molar-refractivity contribution in [3.8, 4) is 0 Å². The van der Waals surface area contributed by atoms with E-state index < -0.39 is 17.8 Å². The smallest absolute Gasteiger partial charge is 0.125 e. The highest BCUT2D eigenvalue weighted by Crippen LogP contribution is 2.52. The molecule has 0 saturated carbocycles. The molecule has 0 radical (unpaired) electrons. The molecule has 3 nitrogen and oxygen atoms in total. The second kappa shape index (κ2) is 3.59. The first-order valence-corrected chi connectivity index (χ1v) is 5.14. The van der Waals surface area contributed by atoms with E-state index in [1.807, 2.05) is 37.3 Å². The van der Waals surface area contributed by atoms with Gasteiger partial charge in [0.25, 0.3) is 0 Å². The van der Waals surface area contributed by atoms with Crippen LogP contribution in [0.25, 0.3) is 0 Å². The summed E-state index contributed by atoms with van der Waals surface area (Å²) in [6.45, 7) is 3.39. The third kappa shape index (κ3) is 1.78. The molecule has 0 amide bonds. The van der Waals surface area contributed by atoms with Crippen LogP contribution < -0.4 is 0 Å². The summed E-state index contributed by atoms with van der Waals surface area (Å²) in [5, 5.41) is 19.1. The summed E-state index contributed by atoms with van der Waals surface area (Å²) in [5.41, 5.74) is 0.398. The second-order valence-electron chi connectivity index (χ2n) is 4.28. The zero-order valence-corrected chi connectivity index (χ0v) is 8.92. The van der Waals surface area contributed by atoms with Crippen LogP contribution in [0, 0.1) is 0 Å². The summed E-state index contributed by atoms with van der Waals surface area (Å²) >= 11 is 0.